The van der Waals surface area contributed by atoms with Gasteiger partial charge in [0, 0.05) is 24.2 Å². The first kappa shape index (κ1) is 13.5. The van der Waals surface area contributed by atoms with Gasteiger partial charge in [0.25, 0.3) is 5.91 Å². The summed E-state index contributed by atoms with van der Waals surface area (Å²) in [6, 6.07) is 9.58. The molecule has 0 saturated heterocycles. The van der Waals surface area contributed by atoms with E-state index in [0.717, 1.165) is 23.7 Å². The number of para-hydroxylation sites is 1. The van der Waals surface area contributed by atoms with E-state index in [-0.39, 0.29) is 11.9 Å². The summed E-state index contributed by atoms with van der Waals surface area (Å²) >= 11 is 0. The van der Waals surface area contributed by atoms with Crippen LogP contribution in [0.1, 0.15) is 30.1 Å². The van der Waals surface area contributed by atoms with E-state index in [0.29, 0.717) is 12.1 Å². The smallest absolute Gasteiger partial charge is 0.252 e. The Morgan fingerprint density at radius 2 is 2.16 bits per heavy atom. The SMILES string of the molecule is CC(N)CCCNC(=O)c1ccnc2ccccc12. The molecule has 1 aromatic heterocycles. The van der Waals surface area contributed by atoms with E-state index < -0.39 is 0 Å². The van der Waals surface area contributed by atoms with Crippen LogP contribution in [0.2, 0.25) is 0 Å². The highest BCUT2D eigenvalue weighted by Gasteiger charge is 2.09. The fourth-order valence-corrected chi connectivity index (χ4v) is 2.02. The monoisotopic (exact) mass is 257 g/mol. The van der Waals surface area contributed by atoms with Gasteiger partial charge in [-0.05, 0) is 31.9 Å². The van der Waals surface area contributed by atoms with Crippen molar-refractivity contribution in [3.63, 3.8) is 0 Å². The van der Waals surface area contributed by atoms with Gasteiger partial charge in [0.15, 0.2) is 0 Å². The van der Waals surface area contributed by atoms with Crippen molar-refractivity contribution in [2.75, 3.05) is 6.54 Å². The molecule has 0 aliphatic rings. The van der Waals surface area contributed by atoms with E-state index in [1.165, 1.54) is 0 Å². The molecule has 0 radical (unpaired) electrons. The third-order valence-corrected chi connectivity index (χ3v) is 3.02. The predicted octanol–water partition coefficient (Wildman–Crippen LogP) is 2.09. The molecule has 0 aliphatic carbocycles. The lowest BCUT2D eigenvalue weighted by Gasteiger charge is -2.08. The van der Waals surface area contributed by atoms with Crippen LogP contribution in [0, 0.1) is 0 Å². The van der Waals surface area contributed by atoms with Crippen molar-refractivity contribution in [1.82, 2.24) is 10.3 Å². The summed E-state index contributed by atoms with van der Waals surface area (Å²) in [6.07, 6.45) is 3.48. The minimum absolute atomic E-state index is 0.0525. The van der Waals surface area contributed by atoms with Crippen molar-refractivity contribution in [1.29, 1.82) is 0 Å². The van der Waals surface area contributed by atoms with Gasteiger partial charge in [0.2, 0.25) is 0 Å². The third-order valence-electron chi connectivity index (χ3n) is 3.02. The van der Waals surface area contributed by atoms with Crippen LogP contribution >= 0.6 is 0 Å². The maximum atomic E-state index is 12.1. The highest BCUT2D eigenvalue weighted by molar-refractivity contribution is 6.05. The number of benzene rings is 1. The molecule has 0 bridgehead atoms. The maximum absolute atomic E-state index is 12.1. The number of nitrogens with zero attached hydrogens (tertiary/aromatic N) is 1. The normalized spacial score (nSPS) is 12.3. The lowest BCUT2D eigenvalue weighted by Crippen LogP contribution is -2.26. The van der Waals surface area contributed by atoms with Gasteiger partial charge in [-0.3, -0.25) is 9.78 Å². The van der Waals surface area contributed by atoms with E-state index >= 15 is 0 Å². The van der Waals surface area contributed by atoms with Gasteiger partial charge < -0.3 is 11.1 Å². The molecule has 4 heteroatoms. The molecule has 100 valence electrons. The van der Waals surface area contributed by atoms with Crippen LogP contribution in [0.4, 0.5) is 0 Å². The van der Waals surface area contributed by atoms with Crippen molar-refractivity contribution in [2.45, 2.75) is 25.8 Å². The number of hydrogen-bond acceptors (Lipinski definition) is 3. The molecule has 0 saturated carbocycles. The average molecular weight is 257 g/mol. The van der Waals surface area contributed by atoms with Crippen molar-refractivity contribution in [3.05, 3.63) is 42.1 Å². The number of carbonyl (C=O) groups excluding carboxylic acids is 1. The second kappa shape index (κ2) is 6.29. The Balaban J connectivity index is 2.05. The molecule has 1 amide bonds. The highest BCUT2D eigenvalue weighted by atomic mass is 16.1. The third kappa shape index (κ3) is 3.51. The summed E-state index contributed by atoms with van der Waals surface area (Å²) in [5, 5.41) is 3.81. The van der Waals surface area contributed by atoms with Crippen LogP contribution in [-0.2, 0) is 0 Å². The second-order valence-electron chi connectivity index (χ2n) is 4.75. The Kier molecular flexibility index (Phi) is 4.47. The van der Waals surface area contributed by atoms with Gasteiger partial charge in [-0.15, -0.1) is 0 Å². The summed E-state index contributed by atoms with van der Waals surface area (Å²) in [6.45, 7) is 2.62. The Morgan fingerprint density at radius 3 is 2.95 bits per heavy atom. The minimum Gasteiger partial charge on any atom is -0.352 e. The molecule has 1 atom stereocenters. The fraction of sp³-hybridized carbons (Fsp3) is 0.333. The molecule has 1 aromatic carbocycles. The standard InChI is InChI=1S/C15H19N3O/c1-11(16)5-4-9-18-15(19)13-8-10-17-14-7-3-2-6-12(13)14/h2-3,6-8,10-11H,4-5,9,16H2,1H3,(H,18,19). The number of hydrogen-bond donors (Lipinski definition) is 2. The summed E-state index contributed by atoms with van der Waals surface area (Å²) in [7, 11) is 0. The van der Waals surface area contributed by atoms with E-state index in [9.17, 15) is 4.79 Å². The van der Waals surface area contributed by atoms with Crippen LogP contribution in [0.15, 0.2) is 36.5 Å². The molecule has 1 unspecified atom stereocenters. The maximum Gasteiger partial charge on any atom is 0.252 e. The predicted molar refractivity (Wildman–Crippen MR) is 77.0 cm³/mol. The Bertz CT molecular complexity index is 561. The van der Waals surface area contributed by atoms with Crippen LogP contribution in [-0.4, -0.2) is 23.5 Å². The zero-order valence-electron chi connectivity index (χ0n) is 11.1. The highest BCUT2D eigenvalue weighted by Crippen LogP contribution is 2.15. The Hall–Kier alpha value is -1.94. The Morgan fingerprint density at radius 1 is 1.37 bits per heavy atom. The topological polar surface area (TPSA) is 68.0 Å². The second-order valence-corrected chi connectivity index (χ2v) is 4.75. The van der Waals surface area contributed by atoms with Gasteiger partial charge in [0.1, 0.15) is 0 Å². The van der Waals surface area contributed by atoms with Crippen LogP contribution in [0.25, 0.3) is 10.9 Å². The molecular formula is C15H19N3O. The lowest BCUT2D eigenvalue weighted by molar-refractivity contribution is 0.0954. The van der Waals surface area contributed by atoms with Gasteiger partial charge in [-0.2, -0.15) is 0 Å². The molecule has 19 heavy (non-hydrogen) atoms. The number of pyridine rings is 1. The van der Waals surface area contributed by atoms with Gasteiger partial charge in [0.05, 0.1) is 11.1 Å². The first-order chi connectivity index (χ1) is 9.18. The van der Waals surface area contributed by atoms with E-state index in [2.05, 4.69) is 10.3 Å². The molecule has 1 heterocycles. The average Bonchev–Trinajstić information content (AvgIpc) is 2.42. The van der Waals surface area contributed by atoms with Crippen LogP contribution in [0.5, 0.6) is 0 Å². The first-order valence-corrected chi connectivity index (χ1v) is 6.56. The largest absolute Gasteiger partial charge is 0.352 e. The van der Waals surface area contributed by atoms with E-state index in [4.69, 9.17) is 5.73 Å². The van der Waals surface area contributed by atoms with Crippen molar-refractivity contribution < 1.29 is 4.79 Å². The summed E-state index contributed by atoms with van der Waals surface area (Å²) in [4.78, 5) is 16.4. The Labute approximate surface area is 113 Å². The van der Waals surface area contributed by atoms with Crippen molar-refractivity contribution in [2.24, 2.45) is 5.73 Å². The van der Waals surface area contributed by atoms with Crippen molar-refractivity contribution >= 4 is 16.8 Å². The van der Waals surface area contributed by atoms with Gasteiger partial charge in [-0.25, -0.2) is 0 Å². The summed E-state index contributed by atoms with van der Waals surface area (Å²) in [5.74, 6) is -0.0525. The van der Waals surface area contributed by atoms with E-state index in [1.807, 2.05) is 31.2 Å². The summed E-state index contributed by atoms with van der Waals surface area (Å²) in [5.41, 5.74) is 7.19. The van der Waals surface area contributed by atoms with Gasteiger partial charge >= 0.3 is 0 Å². The lowest BCUT2D eigenvalue weighted by atomic mass is 10.1. The number of nitrogens with two attached hydrogens (primary N) is 1. The summed E-state index contributed by atoms with van der Waals surface area (Å²) < 4.78 is 0. The first-order valence-electron chi connectivity index (χ1n) is 6.56. The van der Waals surface area contributed by atoms with Gasteiger partial charge in [-0.1, -0.05) is 18.2 Å². The van der Waals surface area contributed by atoms with Crippen LogP contribution < -0.4 is 11.1 Å². The number of aromatic nitrogens is 1. The quantitative estimate of drug-likeness (QED) is 0.806. The molecule has 2 aromatic rings. The number of carbonyl (C=O) groups is 1. The number of rotatable bonds is 5. The molecule has 0 spiro atoms. The fourth-order valence-electron chi connectivity index (χ4n) is 2.02. The zero-order chi connectivity index (χ0) is 13.7. The number of amides is 1. The molecule has 4 nitrogen and oxygen atoms in total. The molecule has 3 N–H and O–H groups in total. The number of nitrogens with one attached hydrogen (secondary N) is 1. The number of fused-ring (bicyclic) bond motifs is 1. The van der Waals surface area contributed by atoms with Crippen molar-refractivity contribution in [3.8, 4) is 0 Å². The minimum atomic E-state index is -0.0525. The molecular weight excluding hydrogens is 238 g/mol. The zero-order valence-corrected chi connectivity index (χ0v) is 11.1. The molecule has 2 rings (SSSR count). The molecule has 0 fully saturated rings. The molecule has 0 aliphatic heterocycles. The van der Waals surface area contributed by atoms with Crippen LogP contribution in [0.3, 0.4) is 0 Å². The van der Waals surface area contributed by atoms with E-state index in [1.54, 1.807) is 12.3 Å².